The molecule has 0 aromatic rings. The average Bonchev–Trinajstić information content (AvgIpc) is 3.68. The maximum absolute atomic E-state index is 13.0. The Morgan fingerprint density at radius 3 is 2.70 bits per heavy atom. The lowest BCUT2D eigenvalue weighted by molar-refractivity contribution is -0.118. The molecular weight excluding hydrogens is 420 g/mol. The lowest BCUT2D eigenvalue weighted by Gasteiger charge is -2.43. The quantitative estimate of drug-likeness (QED) is 0.434. The van der Waals surface area contributed by atoms with Crippen molar-refractivity contribution in [1.82, 2.24) is 10.2 Å². The summed E-state index contributed by atoms with van der Waals surface area (Å²) in [6, 6.07) is 0.119. The van der Waals surface area contributed by atoms with Crippen molar-refractivity contribution in [3.63, 3.8) is 0 Å². The number of methoxy groups -OCH3 is 1. The molecule has 7 heteroatoms. The summed E-state index contributed by atoms with van der Waals surface area (Å²) >= 11 is 0. The summed E-state index contributed by atoms with van der Waals surface area (Å²) < 4.78 is 24.3. The van der Waals surface area contributed by atoms with Crippen LogP contribution in [0.15, 0.2) is 11.6 Å². The number of hydrogen-bond donors (Lipinski definition) is 1. The van der Waals surface area contributed by atoms with Crippen molar-refractivity contribution >= 4 is 6.09 Å². The third kappa shape index (κ3) is 5.26. The molecule has 0 radical (unpaired) electrons. The lowest BCUT2D eigenvalue weighted by atomic mass is 9.68. The fraction of sp³-hybridized carbons (Fsp3) is 0.885. The monoisotopic (exact) mass is 464 g/mol. The first-order chi connectivity index (χ1) is 15.7. The Kier molecular flexibility index (Phi) is 7.44. The highest BCUT2D eigenvalue weighted by atomic mass is 16.6. The molecule has 0 aromatic heterocycles. The van der Waals surface area contributed by atoms with Crippen LogP contribution in [0.2, 0.25) is 0 Å². The number of nitrogens with one attached hydrogen (secondary N) is 1. The number of alkyl carbamates (subject to hydrolysis) is 1. The molecule has 0 bridgehead atoms. The van der Waals surface area contributed by atoms with Crippen LogP contribution in [-0.4, -0.2) is 79.9 Å². The summed E-state index contributed by atoms with van der Waals surface area (Å²) in [7, 11) is 1.72. The largest absolute Gasteiger partial charge is 0.443 e. The van der Waals surface area contributed by atoms with E-state index in [1.165, 1.54) is 5.57 Å². The molecule has 1 amide bonds. The van der Waals surface area contributed by atoms with Crippen LogP contribution in [0, 0.1) is 11.8 Å². The molecule has 8 atom stereocenters. The standard InChI is InChI=1S/C26H44N2O5/c1-7-13-28-14-11-18(4)19(15-28)27-24(29)32-20-10-12-26(16-31-26)23(22(20)30-6)25(5)21(33-25)9-8-17(2)3/h8,18-23H,7,9-16H2,1-6H3,(H,27,29)/t18?,19-,20+,21+,22+,23+,25-,26-/m0/s1. The second kappa shape index (κ2) is 9.84. The molecular formula is C26H44N2O5. The minimum Gasteiger partial charge on any atom is -0.443 e. The first-order valence-corrected chi connectivity index (χ1v) is 12.9. The summed E-state index contributed by atoms with van der Waals surface area (Å²) in [5.74, 6) is 0.492. The van der Waals surface area contributed by atoms with Gasteiger partial charge < -0.3 is 29.2 Å². The van der Waals surface area contributed by atoms with Crippen molar-refractivity contribution in [1.29, 1.82) is 0 Å². The second-order valence-electron chi connectivity index (χ2n) is 11.1. The molecule has 1 unspecified atom stereocenters. The zero-order chi connectivity index (χ0) is 23.8. The van der Waals surface area contributed by atoms with Crippen molar-refractivity contribution in [3.8, 4) is 0 Å². The Morgan fingerprint density at radius 1 is 1.30 bits per heavy atom. The maximum Gasteiger partial charge on any atom is 0.407 e. The number of piperidine rings is 1. The highest BCUT2D eigenvalue weighted by molar-refractivity contribution is 5.68. The van der Waals surface area contributed by atoms with Crippen molar-refractivity contribution in [2.75, 3.05) is 33.4 Å². The molecule has 188 valence electrons. The number of epoxide rings is 2. The Bertz CT molecular complexity index is 734. The SMILES string of the molecule is CCCN1CCC(C)[C@@H](NC(=O)O[C@@H]2CC[C@]3(CO3)[C@@H]([C@@]3(C)O[C@@H]3CC=C(C)C)[C@@H]2OC)C1. The maximum atomic E-state index is 13.0. The number of likely N-dealkylation sites (tertiary alicyclic amines) is 1. The summed E-state index contributed by atoms with van der Waals surface area (Å²) in [5, 5.41) is 3.17. The molecule has 7 nitrogen and oxygen atoms in total. The van der Waals surface area contributed by atoms with Gasteiger partial charge in [0.2, 0.25) is 0 Å². The highest BCUT2D eigenvalue weighted by Crippen LogP contribution is 2.59. The van der Waals surface area contributed by atoms with E-state index in [-0.39, 0.29) is 47.6 Å². The number of nitrogens with zero attached hydrogens (tertiary/aromatic N) is 1. The van der Waals surface area contributed by atoms with E-state index in [1.54, 1.807) is 7.11 Å². The number of ether oxygens (including phenoxy) is 4. The number of carbonyl (C=O) groups is 1. The fourth-order valence-electron chi connectivity index (χ4n) is 6.24. The number of rotatable bonds is 8. The Balaban J connectivity index is 1.40. The topological polar surface area (TPSA) is 75.9 Å². The Hall–Kier alpha value is -1.15. The van der Waals surface area contributed by atoms with Gasteiger partial charge in [0, 0.05) is 19.7 Å². The van der Waals surface area contributed by atoms with Crippen LogP contribution < -0.4 is 5.32 Å². The van der Waals surface area contributed by atoms with Gasteiger partial charge in [0.1, 0.15) is 23.4 Å². The molecule has 0 aromatic carbocycles. The van der Waals surface area contributed by atoms with Gasteiger partial charge in [0.25, 0.3) is 0 Å². The molecule has 1 spiro atoms. The van der Waals surface area contributed by atoms with E-state index >= 15 is 0 Å². The molecule has 3 saturated heterocycles. The Morgan fingerprint density at radius 2 is 2.06 bits per heavy atom. The van der Waals surface area contributed by atoms with Crippen molar-refractivity contribution in [3.05, 3.63) is 11.6 Å². The molecule has 4 rings (SSSR count). The van der Waals surface area contributed by atoms with Gasteiger partial charge in [-0.05, 0) is 71.9 Å². The van der Waals surface area contributed by atoms with Crippen molar-refractivity contribution in [2.24, 2.45) is 11.8 Å². The number of carbonyl (C=O) groups excluding carboxylic acids is 1. The third-order valence-electron chi connectivity index (χ3n) is 8.38. The van der Waals surface area contributed by atoms with E-state index in [2.05, 4.69) is 50.9 Å². The van der Waals surface area contributed by atoms with Crippen LogP contribution in [0.25, 0.3) is 0 Å². The predicted molar refractivity (Wildman–Crippen MR) is 127 cm³/mol. The first-order valence-electron chi connectivity index (χ1n) is 12.9. The van der Waals surface area contributed by atoms with Gasteiger partial charge in [-0.25, -0.2) is 4.79 Å². The molecule has 4 fully saturated rings. The summed E-state index contributed by atoms with van der Waals surface area (Å²) in [6.07, 6.45) is 6.25. The van der Waals surface area contributed by atoms with Gasteiger partial charge in [-0.3, -0.25) is 0 Å². The minimum absolute atomic E-state index is 0.0470. The van der Waals surface area contributed by atoms with Gasteiger partial charge in [-0.2, -0.15) is 0 Å². The van der Waals surface area contributed by atoms with E-state index < -0.39 is 0 Å². The van der Waals surface area contributed by atoms with E-state index in [9.17, 15) is 4.79 Å². The smallest absolute Gasteiger partial charge is 0.407 e. The van der Waals surface area contributed by atoms with Gasteiger partial charge >= 0.3 is 6.09 Å². The van der Waals surface area contributed by atoms with Crippen LogP contribution in [0.3, 0.4) is 0 Å². The van der Waals surface area contributed by atoms with Crippen LogP contribution in [0.1, 0.15) is 66.7 Å². The summed E-state index contributed by atoms with van der Waals surface area (Å²) in [6.45, 7) is 14.6. The molecule has 33 heavy (non-hydrogen) atoms. The van der Waals surface area contributed by atoms with Crippen molar-refractivity contribution < 1.29 is 23.7 Å². The molecule has 3 heterocycles. The first kappa shape index (κ1) is 25.0. The zero-order valence-electron chi connectivity index (χ0n) is 21.4. The highest BCUT2D eigenvalue weighted by Gasteiger charge is 2.72. The van der Waals surface area contributed by atoms with Crippen LogP contribution in [0.4, 0.5) is 4.79 Å². The predicted octanol–water partition coefficient (Wildman–Crippen LogP) is 3.91. The second-order valence-corrected chi connectivity index (χ2v) is 11.1. The third-order valence-corrected chi connectivity index (χ3v) is 8.38. The molecule has 1 N–H and O–H groups in total. The number of hydrogen-bond acceptors (Lipinski definition) is 6. The average molecular weight is 465 g/mol. The minimum atomic E-state index is -0.327. The van der Waals surface area contributed by atoms with Gasteiger partial charge in [0.15, 0.2) is 0 Å². The van der Waals surface area contributed by atoms with E-state index in [1.807, 2.05) is 0 Å². The number of allylic oxidation sites excluding steroid dienone is 1. The van der Waals surface area contributed by atoms with Crippen molar-refractivity contribution in [2.45, 2.75) is 102 Å². The summed E-state index contributed by atoms with van der Waals surface area (Å²) in [4.78, 5) is 15.4. The number of amides is 1. The fourth-order valence-corrected chi connectivity index (χ4v) is 6.24. The van der Waals surface area contributed by atoms with Gasteiger partial charge in [-0.1, -0.05) is 25.5 Å². The Labute approximate surface area is 199 Å². The van der Waals surface area contributed by atoms with Crippen LogP contribution >= 0.6 is 0 Å². The lowest BCUT2D eigenvalue weighted by Crippen LogP contribution is -2.57. The van der Waals surface area contributed by atoms with Gasteiger partial charge in [-0.15, -0.1) is 0 Å². The normalized spacial score (nSPS) is 42.6. The molecule has 3 aliphatic heterocycles. The van der Waals surface area contributed by atoms with E-state index in [4.69, 9.17) is 18.9 Å². The molecule has 4 aliphatic rings. The van der Waals surface area contributed by atoms with Gasteiger partial charge in [0.05, 0.1) is 18.6 Å². The molecule has 1 saturated carbocycles. The zero-order valence-corrected chi connectivity index (χ0v) is 21.4. The summed E-state index contributed by atoms with van der Waals surface area (Å²) in [5.41, 5.74) is 0.772. The van der Waals surface area contributed by atoms with E-state index in [0.717, 1.165) is 58.3 Å². The van der Waals surface area contributed by atoms with Crippen LogP contribution in [0.5, 0.6) is 0 Å². The molecule has 1 aliphatic carbocycles. The van der Waals surface area contributed by atoms with E-state index in [0.29, 0.717) is 5.92 Å². The van der Waals surface area contributed by atoms with Crippen LogP contribution in [-0.2, 0) is 18.9 Å².